The van der Waals surface area contributed by atoms with E-state index < -0.39 is 28.5 Å². The van der Waals surface area contributed by atoms with Gasteiger partial charge in [-0.2, -0.15) is 0 Å². The predicted molar refractivity (Wildman–Crippen MR) is 156 cm³/mol. The van der Waals surface area contributed by atoms with Crippen molar-refractivity contribution in [2.45, 2.75) is 32.4 Å². The molecule has 0 aliphatic rings. The van der Waals surface area contributed by atoms with E-state index in [0.29, 0.717) is 11.6 Å². The molecule has 7 nitrogen and oxygen atoms in total. The zero-order chi connectivity index (χ0) is 27.7. The molecule has 0 spiro atoms. The Balaban J connectivity index is 2.03. The van der Waals surface area contributed by atoms with Gasteiger partial charge in [-0.05, 0) is 47.9 Å². The van der Waals surface area contributed by atoms with Crippen LogP contribution in [0, 0.1) is 0 Å². The average Bonchev–Trinajstić information content (AvgIpc) is 2.88. The number of hydrogen-bond acceptors (Lipinski definition) is 4. The summed E-state index contributed by atoms with van der Waals surface area (Å²) in [5, 5.41) is 3.26. The highest BCUT2D eigenvalue weighted by Crippen LogP contribution is 2.23. The van der Waals surface area contributed by atoms with Crippen molar-refractivity contribution in [2.24, 2.45) is 0 Å². The summed E-state index contributed by atoms with van der Waals surface area (Å²) in [6.07, 6.45) is 2.05. The van der Waals surface area contributed by atoms with Crippen molar-refractivity contribution in [1.29, 1.82) is 0 Å². The van der Waals surface area contributed by atoms with Gasteiger partial charge in [0.1, 0.15) is 12.6 Å². The Labute approximate surface area is 238 Å². The summed E-state index contributed by atoms with van der Waals surface area (Å²) in [5.41, 5.74) is 1.95. The lowest BCUT2D eigenvalue weighted by molar-refractivity contribution is -0.140. The molecular weight excluding hydrogens is 590 g/mol. The maximum atomic E-state index is 13.9. The molecule has 3 rings (SSSR count). The third kappa shape index (κ3) is 8.58. The van der Waals surface area contributed by atoms with E-state index in [-0.39, 0.29) is 24.6 Å². The van der Waals surface area contributed by atoms with Gasteiger partial charge in [0, 0.05) is 29.0 Å². The molecule has 0 saturated heterocycles. The van der Waals surface area contributed by atoms with Crippen molar-refractivity contribution < 1.29 is 18.0 Å². The maximum absolute atomic E-state index is 13.9. The van der Waals surface area contributed by atoms with Crippen molar-refractivity contribution in [3.63, 3.8) is 0 Å². The monoisotopic (exact) mass is 619 g/mol. The number of nitrogens with zero attached hydrogens (tertiary/aromatic N) is 2. The number of carbonyl (C=O) groups is 2. The third-order valence-electron chi connectivity index (χ3n) is 5.86. The number of anilines is 1. The molecule has 38 heavy (non-hydrogen) atoms. The molecule has 0 aliphatic heterocycles. The largest absolute Gasteiger partial charge is 0.354 e. The van der Waals surface area contributed by atoms with Crippen LogP contribution in [0.15, 0.2) is 83.3 Å². The summed E-state index contributed by atoms with van der Waals surface area (Å²) in [5.74, 6) is -0.805. The number of rotatable bonds is 12. The second kappa shape index (κ2) is 13.8. The van der Waals surface area contributed by atoms with Crippen molar-refractivity contribution >= 4 is 55.1 Å². The van der Waals surface area contributed by atoms with E-state index >= 15 is 0 Å². The zero-order valence-corrected chi connectivity index (χ0v) is 24.5. The van der Waals surface area contributed by atoms with Crippen molar-refractivity contribution in [3.8, 4) is 0 Å². The summed E-state index contributed by atoms with van der Waals surface area (Å²) in [7, 11) is -3.84. The topological polar surface area (TPSA) is 86.8 Å². The minimum atomic E-state index is -3.84. The molecule has 0 saturated carbocycles. The van der Waals surface area contributed by atoms with Gasteiger partial charge in [-0.25, -0.2) is 8.42 Å². The molecule has 3 aromatic carbocycles. The highest BCUT2D eigenvalue weighted by molar-refractivity contribution is 9.10. The van der Waals surface area contributed by atoms with Crippen LogP contribution in [0.2, 0.25) is 5.02 Å². The van der Waals surface area contributed by atoms with Gasteiger partial charge >= 0.3 is 0 Å². The standard InChI is InChI=1S/C28H31BrClN3O4S/c1-3-16-31-28(35)26(17-21-8-5-4-6-9-21)32(19-22-12-14-23(29)15-13-22)27(34)20-33(38(2,36)37)25-11-7-10-24(30)18-25/h4-15,18,26H,3,16-17,19-20H2,1-2H3,(H,31,35)/t26-/m1/s1. The summed E-state index contributed by atoms with van der Waals surface area (Å²) in [4.78, 5) is 28.8. The number of benzene rings is 3. The predicted octanol–water partition coefficient (Wildman–Crippen LogP) is 5.03. The Morgan fingerprint density at radius 1 is 0.974 bits per heavy atom. The van der Waals surface area contributed by atoms with Gasteiger partial charge in [0.2, 0.25) is 21.8 Å². The van der Waals surface area contributed by atoms with Crippen LogP contribution in [0.5, 0.6) is 0 Å². The average molecular weight is 621 g/mol. The van der Waals surface area contributed by atoms with Crippen LogP contribution in [-0.2, 0) is 32.6 Å². The summed E-state index contributed by atoms with van der Waals surface area (Å²) in [6, 6.07) is 22.3. The minimum absolute atomic E-state index is 0.121. The highest BCUT2D eigenvalue weighted by atomic mass is 79.9. The van der Waals surface area contributed by atoms with Gasteiger partial charge in [-0.3, -0.25) is 13.9 Å². The van der Waals surface area contributed by atoms with Crippen molar-refractivity contribution in [2.75, 3.05) is 23.7 Å². The molecule has 0 fully saturated rings. The molecule has 0 radical (unpaired) electrons. The van der Waals surface area contributed by atoms with Gasteiger partial charge in [-0.15, -0.1) is 0 Å². The molecular formula is C28H31BrClN3O4S. The quantitative estimate of drug-likeness (QED) is 0.308. The fourth-order valence-corrected chi connectivity index (χ4v) is 5.24. The lowest BCUT2D eigenvalue weighted by Gasteiger charge is -2.33. The van der Waals surface area contributed by atoms with Crippen LogP contribution in [-0.4, -0.2) is 50.5 Å². The van der Waals surface area contributed by atoms with E-state index in [2.05, 4.69) is 21.2 Å². The fraction of sp³-hybridized carbons (Fsp3) is 0.286. The molecule has 1 N–H and O–H groups in total. The Kier molecular flexibility index (Phi) is 10.8. The smallest absolute Gasteiger partial charge is 0.244 e. The Morgan fingerprint density at radius 3 is 2.26 bits per heavy atom. The number of hydrogen-bond donors (Lipinski definition) is 1. The van der Waals surface area contributed by atoms with Crippen LogP contribution in [0.4, 0.5) is 5.69 Å². The molecule has 10 heteroatoms. The van der Waals surface area contributed by atoms with Gasteiger partial charge in [0.25, 0.3) is 0 Å². The molecule has 1 atom stereocenters. The van der Waals surface area contributed by atoms with E-state index in [1.165, 1.54) is 11.0 Å². The highest BCUT2D eigenvalue weighted by Gasteiger charge is 2.33. The lowest BCUT2D eigenvalue weighted by atomic mass is 10.0. The van der Waals surface area contributed by atoms with Gasteiger partial charge in [0.15, 0.2) is 0 Å². The summed E-state index contributed by atoms with van der Waals surface area (Å²) < 4.78 is 27.4. The van der Waals surface area contributed by atoms with Gasteiger partial charge in [0.05, 0.1) is 11.9 Å². The first-order chi connectivity index (χ1) is 18.1. The molecule has 3 aromatic rings. The van der Waals surface area contributed by atoms with Crippen LogP contribution in [0.25, 0.3) is 0 Å². The first kappa shape index (κ1) is 29.7. The molecule has 0 heterocycles. The first-order valence-electron chi connectivity index (χ1n) is 12.2. The molecule has 0 bridgehead atoms. The number of sulfonamides is 1. The zero-order valence-electron chi connectivity index (χ0n) is 21.3. The number of nitrogens with one attached hydrogen (secondary N) is 1. The molecule has 0 aromatic heterocycles. The Hall–Kier alpha value is -2.88. The molecule has 2 amide bonds. The molecule has 0 aliphatic carbocycles. The van der Waals surface area contributed by atoms with Gasteiger partial charge < -0.3 is 10.2 Å². The SMILES string of the molecule is CCCNC(=O)[C@@H](Cc1ccccc1)N(Cc1ccc(Br)cc1)C(=O)CN(c1cccc(Cl)c1)S(C)(=O)=O. The minimum Gasteiger partial charge on any atom is -0.354 e. The van der Waals surface area contributed by atoms with E-state index in [9.17, 15) is 18.0 Å². The fourth-order valence-electron chi connectivity index (χ4n) is 3.95. The molecule has 202 valence electrons. The second-order valence-electron chi connectivity index (χ2n) is 8.89. The van der Waals surface area contributed by atoms with Crippen LogP contribution in [0.1, 0.15) is 24.5 Å². The Morgan fingerprint density at radius 2 is 1.66 bits per heavy atom. The molecule has 0 unspecified atom stereocenters. The number of amides is 2. The van der Waals surface area contributed by atoms with E-state index in [1.54, 1.807) is 18.2 Å². The van der Waals surface area contributed by atoms with E-state index in [0.717, 1.165) is 32.6 Å². The number of halogens is 2. The summed E-state index contributed by atoms with van der Waals surface area (Å²) >= 11 is 9.54. The van der Waals surface area contributed by atoms with Crippen LogP contribution < -0.4 is 9.62 Å². The van der Waals surface area contributed by atoms with E-state index in [1.807, 2.05) is 61.5 Å². The lowest BCUT2D eigenvalue weighted by Crippen LogP contribution is -2.53. The van der Waals surface area contributed by atoms with Crippen molar-refractivity contribution in [3.05, 3.63) is 99.5 Å². The van der Waals surface area contributed by atoms with E-state index in [4.69, 9.17) is 11.6 Å². The van der Waals surface area contributed by atoms with Crippen molar-refractivity contribution in [1.82, 2.24) is 10.2 Å². The van der Waals surface area contributed by atoms with Gasteiger partial charge in [-0.1, -0.05) is 83.0 Å². The first-order valence-corrected chi connectivity index (χ1v) is 15.2. The normalized spacial score (nSPS) is 12.0. The second-order valence-corrected chi connectivity index (χ2v) is 12.2. The third-order valence-corrected chi connectivity index (χ3v) is 7.77. The Bertz CT molecular complexity index is 1340. The summed E-state index contributed by atoms with van der Waals surface area (Å²) in [6.45, 7) is 2.05. The maximum Gasteiger partial charge on any atom is 0.244 e. The number of carbonyl (C=O) groups excluding carboxylic acids is 2. The van der Waals surface area contributed by atoms with Crippen LogP contribution in [0.3, 0.4) is 0 Å². The van der Waals surface area contributed by atoms with Crippen LogP contribution >= 0.6 is 27.5 Å².